The Balaban J connectivity index is 1.87. The number of amides is 2. The number of rotatable bonds is 2. The number of carbonyl (C=O) groups excluding carboxylic acids is 1. The second-order valence-electron chi connectivity index (χ2n) is 6.57. The lowest BCUT2D eigenvalue weighted by atomic mass is 9.94. The molecule has 0 aliphatic carbocycles. The van der Waals surface area contributed by atoms with Crippen LogP contribution in [0.15, 0.2) is 54.6 Å². The van der Waals surface area contributed by atoms with Gasteiger partial charge in [0.25, 0.3) is 0 Å². The molecule has 120 valence electrons. The molecular formula is C20H24N2O. The normalized spacial score (nSPS) is 20.6. The highest BCUT2D eigenvalue weighted by Gasteiger charge is 2.36. The summed E-state index contributed by atoms with van der Waals surface area (Å²) in [7, 11) is 3.64. The molecule has 0 radical (unpaired) electrons. The Morgan fingerprint density at radius 3 is 2.22 bits per heavy atom. The average Bonchev–Trinajstić information content (AvgIpc) is 2.96. The number of urea groups is 1. The molecular weight excluding hydrogens is 284 g/mol. The number of hydrogen-bond acceptors (Lipinski definition) is 1. The number of likely N-dealkylation sites (tertiary alicyclic amines) is 1. The minimum atomic E-state index is 0.103. The Labute approximate surface area is 138 Å². The van der Waals surface area contributed by atoms with E-state index in [0.717, 1.165) is 13.0 Å². The van der Waals surface area contributed by atoms with Crippen molar-refractivity contribution in [2.24, 2.45) is 5.92 Å². The molecule has 3 heteroatoms. The summed E-state index contributed by atoms with van der Waals surface area (Å²) in [6, 6.07) is 19.3. The number of hydrogen-bond donors (Lipinski definition) is 0. The van der Waals surface area contributed by atoms with E-state index >= 15 is 0 Å². The molecule has 2 unspecified atom stereocenters. The second kappa shape index (κ2) is 6.45. The lowest BCUT2D eigenvalue weighted by molar-refractivity contribution is 0.161. The topological polar surface area (TPSA) is 23.6 Å². The van der Waals surface area contributed by atoms with Crippen LogP contribution < -0.4 is 0 Å². The van der Waals surface area contributed by atoms with Crippen molar-refractivity contribution in [2.45, 2.75) is 19.4 Å². The van der Waals surface area contributed by atoms with Crippen LogP contribution in [0.3, 0.4) is 0 Å². The van der Waals surface area contributed by atoms with E-state index in [-0.39, 0.29) is 12.1 Å². The largest absolute Gasteiger partial charge is 0.331 e. The van der Waals surface area contributed by atoms with Gasteiger partial charge >= 0.3 is 6.03 Å². The highest BCUT2D eigenvalue weighted by molar-refractivity contribution is 5.75. The maximum absolute atomic E-state index is 12.4. The van der Waals surface area contributed by atoms with Gasteiger partial charge in [-0.2, -0.15) is 0 Å². The Hall–Kier alpha value is -2.29. The average molecular weight is 308 g/mol. The Morgan fingerprint density at radius 1 is 1.00 bits per heavy atom. The van der Waals surface area contributed by atoms with Gasteiger partial charge in [-0.15, -0.1) is 0 Å². The molecule has 2 atom stereocenters. The molecule has 2 aromatic carbocycles. The van der Waals surface area contributed by atoms with Gasteiger partial charge < -0.3 is 9.80 Å². The molecule has 2 amide bonds. The molecule has 1 saturated heterocycles. The molecule has 0 spiro atoms. The van der Waals surface area contributed by atoms with Gasteiger partial charge in [0.1, 0.15) is 0 Å². The summed E-state index contributed by atoms with van der Waals surface area (Å²) in [6.07, 6.45) is 1.06. The van der Waals surface area contributed by atoms with Crippen molar-refractivity contribution in [3.63, 3.8) is 0 Å². The van der Waals surface area contributed by atoms with Crippen LogP contribution in [0.4, 0.5) is 4.79 Å². The van der Waals surface area contributed by atoms with E-state index in [0.29, 0.717) is 5.92 Å². The van der Waals surface area contributed by atoms with E-state index in [1.165, 1.54) is 16.7 Å². The second-order valence-corrected chi connectivity index (χ2v) is 6.57. The van der Waals surface area contributed by atoms with Crippen molar-refractivity contribution in [3.05, 3.63) is 60.2 Å². The molecule has 0 saturated carbocycles. The summed E-state index contributed by atoms with van der Waals surface area (Å²) in [5.41, 5.74) is 3.66. The summed E-state index contributed by atoms with van der Waals surface area (Å²) >= 11 is 0. The van der Waals surface area contributed by atoms with Crippen LogP contribution in [-0.4, -0.2) is 36.5 Å². The van der Waals surface area contributed by atoms with E-state index in [4.69, 9.17) is 0 Å². The summed E-state index contributed by atoms with van der Waals surface area (Å²) in [6.45, 7) is 3.07. The van der Waals surface area contributed by atoms with E-state index < -0.39 is 0 Å². The van der Waals surface area contributed by atoms with Crippen molar-refractivity contribution in [1.29, 1.82) is 0 Å². The van der Waals surface area contributed by atoms with E-state index in [2.05, 4.69) is 55.5 Å². The van der Waals surface area contributed by atoms with Crippen molar-refractivity contribution >= 4 is 6.03 Å². The lowest BCUT2D eigenvalue weighted by Crippen LogP contribution is -2.39. The first kappa shape index (κ1) is 15.6. The predicted octanol–water partition coefficient (Wildman–Crippen LogP) is 4.42. The summed E-state index contributed by atoms with van der Waals surface area (Å²) in [4.78, 5) is 16.1. The first-order valence-corrected chi connectivity index (χ1v) is 8.21. The zero-order valence-electron chi connectivity index (χ0n) is 14.1. The van der Waals surface area contributed by atoms with Crippen molar-refractivity contribution in [1.82, 2.24) is 9.80 Å². The molecule has 1 aliphatic rings. The standard InChI is InChI=1S/C20H24N2O/c1-15-13-14-22(20(23)21(2)3)19(15)18-11-9-17(10-12-18)16-7-5-4-6-8-16/h4-12,15,19H,13-14H2,1-3H3. The highest BCUT2D eigenvalue weighted by atomic mass is 16.2. The van der Waals surface area contributed by atoms with Crippen LogP contribution in [-0.2, 0) is 0 Å². The van der Waals surface area contributed by atoms with Gasteiger partial charge in [-0.25, -0.2) is 4.79 Å². The Bertz CT molecular complexity index is 664. The summed E-state index contributed by atoms with van der Waals surface area (Å²) in [5, 5.41) is 0. The van der Waals surface area contributed by atoms with E-state index in [1.54, 1.807) is 4.90 Å². The maximum Gasteiger partial charge on any atom is 0.320 e. The minimum absolute atomic E-state index is 0.103. The molecule has 0 bridgehead atoms. The number of carbonyl (C=O) groups is 1. The predicted molar refractivity (Wildman–Crippen MR) is 94.2 cm³/mol. The monoisotopic (exact) mass is 308 g/mol. The first-order valence-electron chi connectivity index (χ1n) is 8.21. The van der Waals surface area contributed by atoms with Crippen LogP contribution in [0, 0.1) is 5.92 Å². The first-order chi connectivity index (χ1) is 11.1. The van der Waals surface area contributed by atoms with Crippen LogP contribution in [0.1, 0.15) is 24.9 Å². The summed E-state index contributed by atoms with van der Waals surface area (Å²) < 4.78 is 0. The molecule has 1 heterocycles. The fourth-order valence-corrected chi connectivity index (χ4v) is 3.43. The van der Waals surface area contributed by atoms with Crippen molar-refractivity contribution in [2.75, 3.05) is 20.6 Å². The lowest BCUT2D eigenvalue weighted by Gasteiger charge is -2.30. The van der Waals surface area contributed by atoms with Gasteiger partial charge in [0, 0.05) is 20.6 Å². The van der Waals surface area contributed by atoms with Crippen LogP contribution in [0.5, 0.6) is 0 Å². The third kappa shape index (κ3) is 3.09. The van der Waals surface area contributed by atoms with Crippen LogP contribution in [0.2, 0.25) is 0 Å². The van der Waals surface area contributed by atoms with Gasteiger partial charge in [-0.3, -0.25) is 0 Å². The van der Waals surface area contributed by atoms with Gasteiger partial charge in [0.15, 0.2) is 0 Å². The fourth-order valence-electron chi connectivity index (χ4n) is 3.43. The van der Waals surface area contributed by atoms with Gasteiger partial charge in [0.05, 0.1) is 6.04 Å². The molecule has 1 aliphatic heterocycles. The third-order valence-electron chi connectivity index (χ3n) is 4.69. The highest BCUT2D eigenvalue weighted by Crippen LogP contribution is 2.38. The van der Waals surface area contributed by atoms with Gasteiger partial charge in [-0.05, 0) is 29.0 Å². The molecule has 0 aromatic heterocycles. The molecule has 2 aromatic rings. The van der Waals surface area contributed by atoms with Crippen LogP contribution >= 0.6 is 0 Å². The number of nitrogens with zero attached hydrogens (tertiary/aromatic N) is 2. The van der Waals surface area contributed by atoms with Crippen molar-refractivity contribution in [3.8, 4) is 11.1 Å². The SMILES string of the molecule is CC1CCN(C(=O)N(C)C)C1c1ccc(-c2ccccc2)cc1. The molecule has 3 nitrogen and oxygen atoms in total. The maximum atomic E-state index is 12.4. The van der Waals surface area contributed by atoms with Crippen molar-refractivity contribution < 1.29 is 4.79 Å². The number of benzene rings is 2. The van der Waals surface area contributed by atoms with E-state index in [9.17, 15) is 4.79 Å². The third-order valence-corrected chi connectivity index (χ3v) is 4.69. The smallest absolute Gasteiger partial charge is 0.320 e. The van der Waals surface area contributed by atoms with Crippen LogP contribution in [0.25, 0.3) is 11.1 Å². The quantitative estimate of drug-likeness (QED) is 0.805. The fraction of sp³-hybridized carbons (Fsp3) is 0.350. The van der Waals surface area contributed by atoms with E-state index in [1.807, 2.05) is 25.1 Å². The van der Waals surface area contributed by atoms with Gasteiger partial charge in [0.2, 0.25) is 0 Å². The zero-order chi connectivity index (χ0) is 16.4. The molecule has 3 rings (SSSR count). The Kier molecular flexibility index (Phi) is 4.37. The summed E-state index contributed by atoms with van der Waals surface area (Å²) in [5.74, 6) is 0.487. The zero-order valence-corrected chi connectivity index (χ0v) is 14.1. The van der Waals surface area contributed by atoms with Gasteiger partial charge in [-0.1, -0.05) is 61.5 Å². The Morgan fingerprint density at radius 2 is 1.61 bits per heavy atom. The molecule has 0 N–H and O–H groups in total. The molecule has 1 fully saturated rings. The molecule has 23 heavy (non-hydrogen) atoms. The minimum Gasteiger partial charge on any atom is -0.331 e.